The van der Waals surface area contributed by atoms with E-state index in [1.54, 1.807) is 5.32 Å². The number of carbonyl (C=O) groups excluding carboxylic acids is 1. The van der Waals surface area contributed by atoms with Gasteiger partial charge in [0.1, 0.15) is 0 Å². The van der Waals surface area contributed by atoms with Crippen molar-refractivity contribution in [3.05, 3.63) is 0 Å². The average Bonchev–Trinajstić information content (AvgIpc) is 2.25. The summed E-state index contributed by atoms with van der Waals surface area (Å²) in [7, 11) is 0. The molecule has 0 aromatic heterocycles. The number of aliphatic carboxylic acids is 1. The Kier molecular flexibility index (Phi) is 4.29. The fourth-order valence-electron chi connectivity index (χ4n) is 1.11. The van der Waals surface area contributed by atoms with Crippen LogP contribution in [0.25, 0.3) is 0 Å². The van der Waals surface area contributed by atoms with E-state index >= 15 is 0 Å². The topological polar surface area (TPSA) is 84.9 Å². The highest BCUT2D eigenvalue weighted by atomic mass is 19.4. The number of ether oxygens (including phenoxy) is 2. The minimum Gasteiger partial charge on any atom is -0.479 e. The zero-order valence-corrected chi connectivity index (χ0v) is 8.49. The number of halogens is 3. The summed E-state index contributed by atoms with van der Waals surface area (Å²) in [5.74, 6) is -3.27. The number of amides is 1. The molecule has 1 aliphatic heterocycles. The first-order chi connectivity index (χ1) is 7.80. The minimum absolute atomic E-state index is 0.185. The molecule has 1 aliphatic rings. The van der Waals surface area contributed by atoms with E-state index in [4.69, 9.17) is 14.6 Å². The molecular formula is C8H10F3NO5. The van der Waals surface area contributed by atoms with E-state index in [9.17, 15) is 22.8 Å². The summed E-state index contributed by atoms with van der Waals surface area (Å²) < 4.78 is 45.2. The molecule has 1 heterocycles. The zero-order chi connectivity index (χ0) is 13.1. The Morgan fingerprint density at radius 3 is 2.35 bits per heavy atom. The van der Waals surface area contributed by atoms with Crippen LogP contribution in [0, 0.1) is 0 Å². The quantitative estimate of drug-likeness (QED) is 0.714. The molecule has 6 nitrogen and oxygen atoms in total. The first-order valence-corrected chi connectivity index (χ1v) is 4.61. The van der Waals surface area contributed by atoms with Crippen molar-refractivity contribution in [3.63, 3.8) is 0 Å². The van der Waals surface area contributed by atoms with Gasteiger partial charge >= 0.3 is 18.1 Å². The highest BCUT2D eigenvalue weighted by Crippen LogP contribution is 2.14. The molecule has 2 N–H and O–H groups in total. The molecule has 0 aromatic rings. The first-order valence-electron chi connectivity index (χ1n) is 4.61. The van der Waals surface area contributed by atoms with Gasteiger partial charge in [0.2, 0.25) is 0 Å². The molecule has 1 fully saturated rings. The molecule has 98 valence electrons. The van der Waals surface area contributed by atoms with Crippen LogP contribution in [0.15, 0.2) is 0 Å². The lowest BCUT2D eigenvalue weighted by Crippen LogP contribution is -2.47. The maximum atomic E-state index is 11.8. The summed E-state index contributed by atoms with van der Waals surface area (Å²) >= 11 is 0. The summed E-state index contributed by atoms with van der Waals surface area (Å²) in [6.07, 6.45) is -6.85. The van der Waals surface area contributed by atoms with Gasteiger partial charge in [0.15, 0.2) is 6.10 Å². The van der Waals surface area contributed by atoms with Crippen LogP contribution in [0.2, 0.25) is 0 Å². The lowest BCUT2D eigenvalue weighted by Gasteiger charge is -2.27. The van der Waals surface area contributed by atoms with Crippen molar-refractivity contribution in [1.82, 2.24) is 5.32 Å². The molecule has 0 aromatic carbocycles. The third kappa shape index (κ3) is 4.19. The van der Waals surface area contributed by atoms with Gasteiger partial charge in [-0.05, 0) is 0 Å². The van der Waals surface area contributed by atoms with E-state index < -0.39 is 30.3 Å². The number of hydrogen-bond donors (Lipinski definition) is 2. The van der Waals surface area contributed by atoms with Crippen LogP contribution in [0.4, 0.5) is 13.2 Å². The Balaban J connectivity index is 2.28. The van der Waals surface area contributed by atoms with Crippen molar-refractivity contribution in [2.24, 2.45) is 0 Å². The molecule has 0 aliphatic carbocycles. The monoisotopic (exact) mass is 257 g/mol. The summed E-state index contributed by atoms with van der Waals surface area (Å²) in [5, 5.41) is 10.1. The number of carboxylic acid groups (broad SMARTS) is 1. The molecule has 0 saturated carbocycles. The highest BCUT2D eigenvalue weighted by molar-refractivity contribution is 5.81. The number of nitrogens with one attached hydrogen (secondary N) is 1. The van der Waals surface area contributed by atoms with Crippen LogP contribution in [0.1, 0.15) is 0 Å². The molecule has 1 amide bonds. The van der Waals surface area contributed by atoms with Gasteiger partial charge in [-0.25, -0.2) is 4.79 Å². The number of rotatable bonds is 3. The van der Waals surface area contributed by atoms with Gasteiger partial charge in [0, 0.05) is 6.54 Å². The number of carboxylic acids is 1. The fraction of sp³-hybridized carbons (Fsp3) is 0.750. The molecular weight excluding hydrogens is 247 g/mol. The van der Waals surface area contributed by atoms with Crippen LogP contribution in [-0.2, 0) is 19.1 Å². The third-order valence-electron chi connectivity index (χ3n) is 1.99. The number of hydrogen-bond acceptors (Lipinski definition) is 4. The van der Waals surface area contributed by atoms with Crippen molar-refractivity contribution in [2.75, 3.05) is 19.8 Å². The van der Waals surface area contributed by atoms with Crippen LogP contribution < -0.4 is 5.32 Å². The first kappa shape index (κ1) is 13.7. The molecule has 0 bridgehead atoms. The second kappa shape index (κ2) is 5.32. The lowest BCUT2D eigenvalue weighted by atomic mass is 10.3. The van der Waals surface area contributed by atoms with Crippen molar-refractivity contribution >= 4 is 11.9 Å². The second-order valence-electron chi connectivity index (χ2n) is 3.32. The SMILES string of the molecule is O=C(O)[C@H]1CO[C@H](CNC(=O)C(F)(F)F)CO1. The Labute approximate surface area is 93.7 Å². The van der Waals surface area contributed by atoms with Gasteiger partial charge in [-0.1, -0.05) is 0 Å². The van der Waals surface area contributed by atoms with Crippen molar-refractivity contribution in [1.29, 1.82) is 0 Å². The molecule has 1 rings (SSSR count). The van der Waals surface area contributed by atoms with E-state index in [1.807, 2.05) is 0 Å². The molecule has 0 spiro atoms. The van der Waals surface area contributed by atoms with E-state index in [-0.39, 0.29) is 19.8 Å². The summed E-state index contributed by atoms with van der Waals surface area (Å²) in [6, 6.07) is 0. The molecule has 1 saturated heterocycles. The highest BCUT2D eigenvalue weighted by Gasteiger charge is 2.39. The van der Waals surface area contributed by atoms with Crippen LogP contribution in [0.5, 0.6) is 0 Å². The molecule has 2 atom stereocenters. The van der Waals surface area contributed by atoms with Gasteiger partial charge in [-0.15, -0.1) is 0 Å². The fourth-order valence-corrected chi connectivity index (χ4v) is 1.11. The van der Waals surface area contributed by atoms with Crippen molar-refractivity contribution in [2.45, 2.75) is 18.4 Å². The Morgan fingerprint density at radius 1 is 1.29 bits per heavy atom. The summed E-state index contributed by atoms with van der Waals surface area (Å²) in [5.41, 5.74) is 0. The van der Waals surface area contributed by atoms with Crippen LogP contribution >= 0.6 is 0 Å². The lowest BCUT2D eigenvalue weighted by molar-refractivity contribution is -0.180. The predicted molar refractivity (Wildman–Crippen MR) is 46.2 cm³/mol. The third-order valence-corrected chi connectivity index (χ3v) is 1.99. The van der Waals surface area contributed by atoms with E-state index in [0.29, 0.717) is 0 Å². The van der Waals surface area contributed by atoms with Gasteiger partial charge in [0.25, 0.3) is 0 Å². The normalized spacial score (nSPS) is 25.4. The van der Waals surface area contributed by atoms with Crippen LogP contribution in [0.3, 0.4) is 0 Å². The van der Waals surface area contributed by atoms with Crippen molar-refractivity contribution < 1.29 is 37.3 Å². The zero-order valence-electron chi connectivity index (χ0n) is 8.49. The second-order valence-corrected chi connectivity index (χ2v) is 3.32. The Morgan fingerprint density at radius 2 is 1.94 bits per heavy atom. The predicted octanol–water partition coefficient (Wildman–Crippen LogP) is -0.467. The maximum Gasteiger partial charge on any atom is 0.471 e. The molecule has 0 radical (unpaired) electrons. The summed E-state index contributed by atoms with van der Waals surface area (Å²) in [6.45, 7) is -0.832. The summed E-state index contributed by atoms with van der Waals surface area (Å²) in [4.78, 5) is 20.9. The maximum absolute atomic E-state index is 11.8. The Hall–Kier alpha value is -1.35. The van der Waals surface area contributed by atoms with Crippen LogP contribution in [-0.4, -0.2) is 55.1 Å². The van der Waals surface area contributed by atoms with Gasteiger partial charge in [0.05, 0.1) is 19.3 Å². The van der Waals surface area contributed by atoms with Crippen molar-refractivity contribution in [3.8, 4) is 0 Å². The standard InChI is InChI=1S/C8H10F3NO5/c9-8(10,11)7(15)12-1-4-2-17-5(3-16-4)6(13)14/h4-5H,1-3H2,(H,12,15)(H,13,14)/t4-,5-/m1/s1. The smallest absolute Gasteiger partial charge is 0.471 e. The Bertz CT molecular complexity index is 298. The molecule has 0 unspecified atom stereocenters. The van der Waals surface area contributed by atoms with E-state index in [0.717, 1.165) is 0 Å². The molecule has 17 heavy (non-hydrogen) atoms. The van der Waals surface area contributed by atoms with Gasteiger partial charge in [-0.2, -0.15) is 13.2 Å². The van der Waals surface area contributed by atoms with E-state index in [2.05, 4.69) is 0 Å². The van der Waals surface area contributed by atoms with Gasteiger partial charge in [-0.3, -0.25) is 4.79 Å². The largest absolute Gasteiger partial charge is 0.479 e. The average molecular weight is 257 g/mol. The number of alkyl halides is 3. The van der Waals surface area contributed by atoms with Gasteiger partial charge < -0.3 is 19.9 Å². The van der Waals surface area contributed by atoms with E-state index in [1.165, 1.54) is 0 Å². The minimum atomic E-state index is -4.95. The number of carbonyl (C=O) groups is 2. The molecule has 9 heteroatoms.